The average molecular weight is 280 g/mol. The van der Waals surface area contributed by atoms with Crippen molar-refractivity contribution in [1.82, 2.24) is 5.32 Å². The smallest absolute Gasteiger partial charge is 0.407 e. The highest BCUT2D eigenvalue weighted by atomic mass is 16.6. The molecule has 0 aromatic heterocycles. The summed E-state index contributed by atoms with van der Waals surface area (Å²) in [6.45, 7) is 5.06. The molecule has 0 bridgehead atoms. The van der Waals surface area contributed by atoms with Crippen LogP contribution >= 0.6 is 0 Å². The maximum Gasteiger partial charge on any atom is 0.407 e. The molecule has 0 aliphatic heterocycles. The molecule has 112 valence electrons. The van der Waals surface area contributed by atoms with E-state index in [2.05, 4.69) is 5.32 Å². The second-order valence-electron chi connectivity index (χ2n) is 4.82. The number of rotatable bonds is 8. The molecule has 0 saturated heterocycles. The third-order valence-electron chi connectivity index (χ3n) is 2.63. The van der Waals surface area contributed by atoms with E-state index in [1.165, 1.54) is 0 Å². The van der Waals surface area contributed by atoms with Gasteiger partial charge < -0.3 is 20.5 Å². The summed E-state index contributed by atoms with van der Waals surface area (Å²) in [5.74, 6) is 0. The maximum absolute atomic E-state index is 11.6. The van der Waals surface area contributed by atoms with Crippen LogP contribution in [0, 0.1) is 0 Å². The summed E-state index contributed by atoms with van der Waals surface area (Å²) in [7, 11) is 0. The number of ether oxygens (including phenoxy) is 2. The molecular weight excluding hydrogens is 256 g/mol. The second kappa shape index (κ2) is 9.34. The summed E-state index contributed by atoms with van der Waals surface area (Å²) in [6, 6.07) is 9.67. The minimum atomic E-state index is -0.441. The van der Waals surface area contributed by atoms with E-state index in [1.54, 1.807) is 0 Å². The first-order chi connectivity index (χ1) is 9.61. The van der Waals surface area contributed by atoms with Crippen molar-refractivity contribution in [2.75, 3.05) is 13.2 Å². The Kier molecular flexibility index (Phi) is 7.69. The van der Waals surface area contributed by atoms with E-state index in [9.17, 15) is 4.79 Å². The van der Waals surface area contributed by atoms with Gasteiger partial charge in [-0.15, -0.1) is 0 Å². The molecule has 1 amide bonds. The van der Waals surface area contributed by atoms with Gasteiger partial charge in [-0.3, -0.25) is 0 Å². The monoisotopic (exact) mass is 280 g/mol. The molecule has 3 N–H and O–H groups in total. The Hall–Kier alpha value is -1.59. The second-order valence-corrected chi connectivity index (χ2v) is 4.82. The van der Waals surface area contributed by atoms with Crippen molar-refractivity contribution in [3.05, 3.63) is 35.9 Å². The molecule has 0 aliphatic rings. The van der Waals surface area contributed by atoms with Crippen molar-refractivity contribution in [1.29, 1.82) is 0 Å². The van der Waals surface area contributed by atoms with E-state index in [-0.39, 0.29) is 18.8 Å². The van der Waals surface area contributed by atoms with Crippen LogP contribution in [0.5, 0.6) is 0 Å². The van der Waals surface area contributed by atoms with Gasteiger partial charge in [0.15, 0.2) is 0 Å². The minimum absolute atomic E-state index is 0.0857. The van der Waals surface area contributed by atoms with Gasteiger partial charge in [0.25, 0.3) is 0 Å². The van der Waals surface area contributed by atoms with Crippen LogP contribution in [0.15, 0.2) is 30.3 Å². The number of hydrogen-bond donors (Lipinski definition) is 2. The van der Waals surface area contributed by atoms with Crippen molar-refractivity contribution in [3.63, 3.8) is 0 Å². The van der Waals surface area contributed by atoms with Gasteiger partial charge in [0, 0.05) is 6.54 Å². The Morgan fingerprint density at radius 2 is 2.00 bits per heavy atom. The Balaban J connectivity index is 2.27. The molecule has 1 aromatic rings. The average Bonchev–Trinajstić information content (AvgIpc) is 2.43. The molecule has 1 atom stereocenters. The Morgan fingerprint density at radius 3 is 2.60 bits per heavy atom. The van der Waals surface area contributed by atoms with Gasteiger partial charge in [-0.25, -0.2) is 4.79 Å². The van der Waals surface area contributed by atoms with Gasteiger partial charge in [-0.1, -0.05) is 30.3 Å². The third-order valence-corrected chi connectivity index (χ3v) is 2.63. The number of alkyl carbamates (subject to hydrolysis) is 1. The van der Waals surface area contributed by atoms with Crippen LogP contribution in [-0.4, -0.2) is 31.5 Å². The zero-order valence-corrected chi connectivity index (χ0v) is 12.2. The van der Waals surface area contributed by atoms with Gasteiger partial charge in [0.2, 0.25) is 0 Å². The minimum Gasteiger partial charge on any atom is -0.447 e. The molecule has 0 aliphatic carbocycles. The highest BCUT2D eigenvalue weighted by Crippen LogP contribution is 2.03. The molecule has 1 aromatic carbocycles. The number of carbonyl (C=O) groups excluding carboxylic acids is 1. The van der Waals surface area contributed by atoms with E-state index < -0.39 is 6.09 Å². The fourth-order valence-corrected chi connectivity index (χ4v) is 1.75. The van der Waals surface area contributed by atoms with Crippen LogP contribution in [0.3, 0.4) is 0 Å². The van der Waals surface area contributed by atoms with Crippen molar-refractivity contribution < 1.29 is 14.3 Å². The molecular formula is C15H24N2O3. The number of amides is 1. The predicted molar refractivity (Wildman–Crippen MR) is 78.3 cm³/mol. The number of hydrogen-bond acceptors (Lipinski definition) is 4. The summed E-state index contributed by atoms with van der Waals surface area (Å²) < 4.78 is 10.8. The zero-order valence-electron chi connectivity index (χ0n) is 12.2. The fourth-order valence-electron chi connectivity index (χ4n) is 1.75. The summed E-state index contributed by atoms with van der Waals surface area (Å²) in [5.41, 5.74) is 6.54. The molecule has 0 spiro atoms. The van der Waals surface area contributed by atoms with Gasteiger partial charge in [0.05, 0.1) is 12.2 Å². The van der Waals surface area contributed by atoms with E-state index in [1.807, 2.05) is 44.2 Å². The first-order valence-corrected chi connectivity index (χ1v) is 6.92. The number of nitrogens with one attached hydrogen (secondary N) is 1. The largest absolute Gasteiger partial charge is 0.447 e. The molecule has 5 nitrogen and oxygen atoms in total. The van der Waals surface area contributed by atoms with Gasteiger partial charge in [-0.2, -0.15) is 0 Å². The molecule has 1 unspecified atom stereocenters. The number of nitrogens with two attached hydrogens (primary N) is 1. The normalized spacial score (nSPS) is 12.2. The van der Waals surface area contributed by atoms with E-state index in [0.717, 1.165) is 5.56 Å². The van der Waals surface area contributed by atoms with Crippen molar-refractivity contribution >= 4 is 6.09 Å². The fraction of sp³-hybridized carbons (Fsp3) is 0.533. The van der Waals surface area contributed by atoms with E-state index in [4.69, 9.17) is 15.2 Å². The molecule has 0 radical (unpaired) electrons. The van der Waals surface area contributed by atoms with Crippen LogP contribution in [0.2, 0.25) is 0 Å². The van der Waals surface area contributed by atoms with Crippen molar-refractivity contribution in [2.45, 2.75) is 39.0 Å². The lowest BCUT2D eigenvalue weighted by Gasteiger charge is -2.19. The quantitative estimate of drug-likeness (QED) is 0.764. The Bertz CT molecular complexity index is 382. The Labute approximate surface area is 120 Å². The van der Waals surface area contributed by atoms with Crippen LogP contribution in [-0.2, 0) is 16.0 Å². The lowest BCUT2D eigenvalue weighted by atomic mass is 10.2. The van der Waals surface area contributed by atoms with E-state index in [0.29, 0.717) is 19.5 Å². The Morgan fingerprint density at radius 1 is 1.30 bits per heavy atom. The van der Waals surface area contributed by atoms with Crippen molar-refractivity contribution in [3.8, 4) is 0 Å². The molecule has 20 heavy (non-hydrogen) atoms. The van der Waals surface area contributed by atoms with Gasteiger partial charge >= 0.3 is 6.09 Å². The summed E-state index contributed by atoms with van der Waals surface area (Å²) in [5, 5.41) is 2.70. The molecule has 0 saturated carbocycles. The van der Waals surface area contributed by atoms with Gasteiger partial charge in [0.1, 0.15) is 6.61 Å². The summed E-state index contributed by atoms with van der Waals surface area (Å²) in [4.78, 5) is 11.6. The first kappa shape index (κ1) is 16.5. The SMILES string of the molecule is CC(C)OC(CCN)COC(=O)NCc1ccccc1. The molecule has 0 heterocycles. The molecule has 0 fully saturated rings. The maximum atomic E-state index is 11.6. The highest BCUT2D eigenvalue weighted by molar-refractivity contribution is 5.67. The first-order valence-electron chi connectivity index (χ1n) is 6.92. The summed E-state index contributed by atoms with van der Waals surface area (Å²) in [6.07, 6.45) is 0.165. The number of benzene rings is 1. The predicted octanol–water partition coefficient (Wildman–Crippen LogP) is 2.06. The molecule has 1 rings (SSSR count). The van der Waals surface area contributed by atoms with Crippen LogP contribution in [0.1, 0.15) is 25.8 Å². The van der Waals surface area contributed by atoms with Crippen LogP contribution in [0.4, 0.5) is 4.79 Å². The zero-order chi connectivity index (χ0) is 14.8. The standard InChI is InChI=1S/C15H24N2O3/c1-12(2)20-14(8-9-16)11-19-15(18)17-10-13-6-4-3-5-7-13/h3-7,12,14H,8-11,16H2,1-2H3,(H,17,18). The lowest BCUT2D eigenvalue weighted by Crippen LogP contribution is -2.31. The van der Waals surface area contributed by atoms with Crippen molar-refractivity contribution in [2.24, 2.45) is 5.73 Å². The number of carbonyl (C=O) groups is 1. The highest BCUT2D eigenvalue weighted by Gasteiger charge is 2.13. The third kappa shape index (κ3) is 7.11. The van der Waals surface area contributed by atoms with Gasteiger partial charge in [-0.05, 0) is 32.4 Å². The summed E-state index contributed by atoms with van der Waals surface area (Å²) >= 11 is 0. The van der Waals surface area contributed by atoms with Crippen LogP contribution < -0.4 is 11.1 Å². The van der Waals surface area contributed by atoms with E-state index >= 15 is 0 Å². The van der Waals surface area contributed by atoms with Crippen LogP contribution in [0.25, 0.3) is 0 Å². The molecule has 5 heteroatoms. The lowest BCUT2D eigenvalue weighted by molar-refractivity contribution is -0.0300. The topological polar surface area (TPSA) is 73.6 Å².